The Morgan fingerprint density at radius 1 is 1.36 bits per heavy atom. The molecule has 1 fully saturated rings. The number of aryl methyl sites for hydroxylation is 1. The molecule has 126 valence electrons. The molecule has 0 saturated carbocycles. The Labute approximate surface area is 145 Å². The van der Waals surface area contributed by atoms with Crippen LogP contribution in [-0.2, 0) is 0 Å². The summed E-state index contributed by atoms with van der Waals surface area (Å²) in [4.78, 5) is 12.3. The molecule has 0 unspecified atom stereocenters. The second-order valence-electron chi connectivity index (χ2n) is 6.38. The highest BCUT2D eigenvalue weighted by Gasteiger charge is 2.25. The molecule has 1 aliphatic heterocycles. The number of benzene rings is 1. The predicted octanol–water partition coefficient (Wildman–Crippen LogP) is 2.93. The van der Waals surface area contributed by atoms with Gasteiger partial charge in [0.1, 0.15) is 17.9 Å². The van der Waals surface area contributed by atoms with Gasteiger partial charge >= 0.3 is 0 Å². The maximum Gasteiger partial charge on any atom is 0.235 e. The van der Waals surface area contributed by atoms with Crippen LogP contribution in [0.1, 0.15) is 24.6 Å². The van der Waals surface area contributed by atoms with Crippen molar-refractivity contribution in [1.29, 1.82) is 5.26 Å². The van der Waals surface area contributed by atoms with Crippen LogP contribution in [0.25, 0.3) is 22.2 Å². The van der Waals surface area contributed by atoms with Crippen LogP contribution in [0.3, 0.4) is 0 Å². The average molecular weight is 333 g/mol. The summed E-state index contributed by atoms with van der Waals surface area (Å²) in [6, 6.07) is 8.18. The molecule has 1 aliphatic rings. The molecule has 1 aromatic carbocycles. The lowest BCUT2D eigenvalue weighted by Crippen LogP contribution is -2.31. The Bertz CT molecular complexity index is 972. The van der Waals surface area contributed by atoms with Gasteiger partial charge in [-0.1, -0.05) is 12.1 Å². The Hall–Kier alpha value is -2.91. The number of aromatic nitrogens is 3. The Morgan fingerprint density at radius 2 is 2.24 bits per heavy atom. The van der Waals surface area contributed by atoms with Crippen molar-refractivity contribution in [3.05, 3.63) is 41.9 Å². The molecule has 2 aromatic heterocycles. The minimum Gasteiger partial charge on any atom is -0.471 e. The average Bonchev–Trinajstić information content (AvgIpc) is 3.23. The van der Waals surface area contributed by atoms with Crippen molar-refractivity contribution in [2.75, 3.05) is 6.54 Å². The van der Waals surface area contributed by atoms with Crippen LogP contribution in [-0.4, -0.2) is 33.6 Å². The van der Waals surface area contributed by atoms with Crippen molar-refractivity contribution in [2.24, 2.45) is 0 Å². The molecule has 3 aromatic rings. The van der Waals surface area contributed by atoms with Crippen LogP contribution in [0.2, 0.25) is 0 Å². The summed E-state index contributed by atoms with van der Waals surface area (Å²) in [5.41, 5.74) is 3.91. The van der Waals surface area contributed by atoms with E-state index >= 15 is 0 Å². The van der Waals surface area contributed by atoms with Gasteiger partial charge in [-0.2, -0.15) is 5.26 Å². The van der Waals surface area contributed by atoms with Gasteiger partial charge < -0.3 is 15.0 Å². The fourth-order valence-electron chi connectivity index (χ4n) is 3.31. The maximum atomic E-state index is 9.23. The number of nitriles is 1. The maximum absolute atomic E-state index is 9.23. The molecule has 6 heteroatoms. The van der Waals surface area contributed by atoms with Crippen molar-refractivity contribution in [3.63, 3.8) is 0 Å². The zero-order chi connectivity index (χ0) is 17.4. The highest BCUT2D eigenvalue weighted by Crippen LogP contribution is 2.30. The number of nitrogens with one attached hydrogen (secondary N) is 2. The van der Waals surface area contributed by atoms with Gasteiger partial charge in [-0.3, -0.25) is 0 Å². The van der Waals surface area contributed by atoms with Gasteiger partial charge in [0, 0.05) is 23.2 Å². The van der Waals surface area contributed by atoms with Gasteiger partial charge in [-0.05, 0) is 32.9 Å². The first-order valence-corrected chi connectivity index (χ1v) is 8.41. The molecule has 3 heterocycles. The number of ether oxygens (including phenoxy) is 1. The van der Waals surface area contributed by atoms with E-state index in [1.165, 1.54) is 0 Å². The number of fused-ring (bicyclic) bond motifs is 1. The highest BCUT2D eigenvalue weighted by atomic mass is 16.5. The van der Waals surface area contributed by atoms with Gasteiger partial charge in [-0.15, -0.1) is 0 Å². The number of H-pyrrole nitrogens is 1. The lowest BCUT2D eigenvalue weighted by Gasteiger charge is -2.17. The van der Waals surface area contributed by atoms with Crippen LogP contribution in [0.15, 0.2) is 30.6 Å². The molecule has 0 amide bonds. The summed E-state index contributed by atoms with van der Waals surface area (Å²) in [6.45, 7) is 4.99. The molecule has 2 atom stereocenters. The second-order valence-corrected chi connectivity index (χ2v) is 6.38. The van der Waals surface area contributed by atoms with Crippen LogP contribution in [0.5, 0.6) is 5.88 Å². The first kappa shape index (κ1) is 15.6. The van der Waals surface area contributed by atoms with Gasteiger partial charge in [0.2, 0.25) is 5.88 Å². The van der Waals surface area contributed by atoms with Gasteiger partial charge in [-0.25, -0.2) is 9.97 Å². The Balaban J connectivity index is 1.68. The van der Waals surface area contributed by atoms with E-state index < -0.39 is 0 Å². The lowest BCUT2D eigenvalue weighted by atomic mass is 10.1. The van der Waals surface area contributed by atoms with E-state index in [0.29, 0.717) is 17.5 Å². The number of hydrogen-bond donors (Lipinski definition) is 2. The molecule has 4 rings (SSSR count). The van der Waals surface area contributed by atoms with Crippen molar-refractivity contribution in [2.45, 2.75) is 32.4 Å². The van der Waals surface area contributed by atoms with Crippen LogP contribution in [0, 0.1) is 18.3 Å². The van der Waals surface area contributed by atoms with E-state index in [1.54, 1.807) is 12.3 Å². The molecular formula is C19H19N5O. The van der Waals surface area contributed by atoms with Gasteiger partial charge in [0.15, 0.2) is 0 Å². The number of nitrogens with zero attached hydrogens (tertiary/aromatic N) is 3. The Kier molecular flexibility index (Phi) is 3.86. The topological polar surface area (TPSA) is 86.6 Å². The van der Waals surface area contributed by atoms with Crippen molar-refractivity contribution in [3.8, 4) is 23.2 Å². The highest BCUT2D eigenvalue weighted by molar-refractivity contribution is 5.97. The standard InChI is InChI=1S/C19H19N5O/c1-11-17(6-7-21-11)25-19-12(2)24-16(10-23-19)15-9-22-18-13(8-20)4-3-5-14(15)18/h3-5,9-11,17,21-22H,6-7H2,1-2H3/t11-,17+/m1/s1. The third-order valence-electron chi connectivity index (χ3n) is 4.73. The first-order chi connectivity index (χ1) is 12.2. The zero-order valence-electron chi connectivity index (χ0n) is 14.2. The number of para-hydroxylation sites is 1. The number of rotatable bonds is 3. The van der Waals surface area contributed by atoms with E-state index in [1.807, 2.05) is 25.3 Å². The van der Waals surface area contributed by atoms with E-state index in [0.717, 1.165) is 40.8 Å². The SMILES string of the molecule is Cc1nc(-c2c[nH]c3c(C#N)cccc23)cnc1O[C@H]1CCN[C@@H]1C. The molecule has 6 nitrogen and oxygen atoms in total. The second kappa shape index (κ2) is 6.19. The molecule has 0 radical (unpaired) electrons. The normalized spacial score (nSPS) is 19.9. The third kappa shape index (κ3) is 2.73. The molecule has 1 saturated heterocycles. The minimum absolute atomic E-state index is 0.130. The number of aromatic amines is 1. The summed E-state index contributed by atoms with van der Waals surface area (Å²) >= 11 is 0. The summed E-state index contributed by atoms with van der Waals surface area (Å²) in [7, 11) is 0. The summed E-state index contributed by atoms with van der Waals surface area (Å²) < 4.78 is 6.03. The van der Waals surface area contributed by atoms with Crippen molar-refractivity contribution < 1.29 is 4.74 Å². The molecule has 0 bridgehead atoms. The largest absolute Gasteiger partial charge is 0.471 e. The van der Waals surface area contributed by atoms with E-state index in [-0.39, 0.29) is 6.10 Å². The third-order valence-corrected chi connectivity index (χ3v) is 4.73. The predicted molar refractivity (Wildman–Crippen MR) is 95.3 cm³/mol. The van der Waals surface area contributed by atoms with E-state index in [9.17, 15) is 5.26 Å². The van der Waals surface area contributed by atoms with E-state index in [4.69, 9.17) is 4.74 Å². The van der Waals surface area contributed by atoms with E-state index in [2.05, 4.69) is 33.3 Å². The first-order valence-electron chi connectivity index (χ1n) is 8.41. The lowest BCUT2D eigenvalue weighted by molar-refractivity contribution is 0.182. The van der Waals surface area contributed by atoms with Crippen molar-refractivity contribution >= 4 is 10.9 Å². The summed E-state index contributed by atoms with van der Waals surface area (Å²) in [5.74, 6) is 0.585. The fourth-order valence-corrected chi connectivity index (χ4v) is 3.31. The van der Waals surface area contributed by atoms with Gasteiger partial charge in [0.05, 0.1) is 23.0 Å². The van der Waals surface area contributed by atoms with Crippen LogP contribution < -0.4 is 10.1 Å². The van der Waals surface area contributed by atoms with Crippen molar-refractivity contribution in [1.82, 2.24) is 20.3 Å². The van der Waals surface area contributed by atoms with Crippen LogP contribution in [0.4, 0.5) is 0 Å². The Morgan fingerprint density at radius 3 is 2.96 bits per heavy atom. The number of hydrogen-bond acceptors (Lipinski definition) is 5. The van der Waals surface area contributed by atoms with Gasteiger partial charge in [0.25, 0.3) is 0 Å². The zero-order valence-corrected chi connectivity index (χ0v) is 14.2. The van der Waals surface area contributed by atoms with Crippen LogP contribution >= 0.6 is 0 Å². The monoisotopic (exact) mass is 333 g/mol. The molecule has 25 heavy (non-hydrogen) atoms. The fraction of sp³-hybridized carbons (Fsp3) is 0.316. The smallest absolute Gasteiger partial charge is 0.235 e. The summed E-state index contributed by atoms with van der Waals surface area (Å²) in [5, 5.41) is 13.6. The minimum atomic E-state index is 0.130. The molecule has 0 aliphatic carbocycles. The summed E-state index contributed by atoms with van der Waals surface area (Å²) in [6.07, 6.45) is 4.71. The quantitative estimate of drug-likeness (QED) is 0.769. The molecule has 0 spiro atoms. The molecule has 2 N–H and O–H groups in total. The molecular weight excluding hydrogens is 314 g/mol.